The molecule has 19 heavy (non-hydrogen) atoms. The van der Waals surface area contributed by atoms with Crippen molar-refractivity contribution in [2.75, 3.05) is 13.2 Å². The van der Waals surface area contributed by atoms with Gasteiger partial charge in [-0.2, -0.15) is 0 Å². The molecule has 1 aliphatic carbocycles. The Balaban J connectivity index is 2.17. The number of halogens is 1. The van der Waals surface area contributed by atoms with Crippen LogP contribution in [0.5, 0.6) is 11.5 Å². The molecule has 0 radical (unpaired) electrons. The fraction of sp³-hybridized carbons (Fsp3) is 0.500. The van der Waals surface area contributed by atoms with Crippen LogP contribution in [0.15, 0.2) is 10.5 Å². The Hall–Kier alpha value is -1.23. The molecule has 4 nitrogen and oxygen atoms in total. The Morgan fingerprint density at radius 1 is 1.37 bits per heavy atom. The zero-order chi connectivity index (χ0) is 13.6. The summed E-state index contributed by atoms with van der Waals surface area (Å²) in [7, 11) is 0. The van der Waals surface area contributed by atoms with Gasteiger partial charge in [0, 0.05) is 10.0 Å². The lowest BCUT2D eigenvalue weighted by molar-refractivity contribution is -0.147. The average molecular weight is 327 g/mol. The molecule has 102 valence electrons. The Bertz CT molecular complexity index is 549. The summed E-state index contributed by atoms with van der Waals surface area (Å²) in [5, 5.41) is 9.56. The number of hydrogen-bond acceptors (Lipinski definition) is 3. The van der Waals surface area contributed by atoms with E-state index >= 15 is 0 Å². The first-order chi connectivity index (χ1) is 9.06. The molecule has 1 aliphatic heterocycles. The first-order valence-electron chi connectivity index (χ1n) is 6.39. The maximum absolute atomic E-state index is 11.6. The lowest BCUT2D eigenvalue weighted by Crippen LogP contribution is -2.42. The quantitative estimate of drug-likeness (QED) is 0.907. The van der Waals surface area contributed by atoms with Crippen LogP contribution in [0.3, 0.4) is 0 Å². The largest absolute Gasteiger partial charge is 0.486 e. The average Bonchev–Trinajstić information content (AvgIpc) is 2.33. The van der Waals surface area contributed by atoms with Crippen molar-refractivity contribution in [3.63, 3.8) is 0 Å². The normalized spacial score (nSPS) is 19.7. The summed E-state index contributed by atoms with van der Waals surface area (Å²) in [5.41, 5.74) is 0.965. The second-order valence-electron chi connectivity index (χ2n) is 5.13. The Morgan fingerprint density at radius 3 is 2.63 bits per heavy atom. The van der Waals surface area contributed by atoms with Crippen LogP contribution >= 0.6 is 15.9 Å². The Labute approximate surface area is 119 Å². The third-order valence-electron chi connectivity index (χ3n) is 4.12. The molecule has 5 heteroatoms. The molecule has 1 heterocycles. The van der Waals surface area contributed by atoms with Gasteiger partial charge in [-0.25, -0.2) is 0 Å². The van der Waals surface area contributed by atoms with Gasteiger partial charge in [0.25, 0.3) is 0 Å². The summed E-state index contributed by atoms with van der Waals surface area (Å²) in [6.07, 6.45) is 2.31. The zero-order valence-corrected chi connectivity index (χ0v) is 12.2. The highest BCUT2D eigenvalue weighted by Gasteiger charge is 2.48. The zero-order valence-electron chi connectivity index (χ0n) is 10.7. The Morgan fingerprint density at radius 2 is 2.05 bits per heavy atom. The molecule has 3 rings (SSSR count). The second kappa shape index (κ2) is 4.40. The fourth-order valence-corrected chi connectivity index (χ4v) is 3.48. The van der Waals surface area contributed by atoms with Gasteiger partial charge >= 0.3 is 5.97 Å². The third-order valence-corrected chi connectivity index (χ3v) is 5.15. The molecule has 0 amide bonds. The maximum atomic E-state index is 11.6. The number of ether oxygens (including phenoxy) is 2. The van der Waals surface area contributed by atoms with Crippen molar-refractivity contribution in [1.82, 2.24) is 0 Å². The molecule has 0 bridgehead atoms. The number of benzene rings is 1. The molecular weight excluding hydrogens is 312 g/mol. The van der Waals surface area contributed by atoms with Gasteiger partial charge in [0.05, 0.1) is 5.41 Å². The van der Waals surface area contributed by atoms with E-state index in [2.05, 4.69) is 15.9 Å². The summed E-state index contributed by atoms with van der Waals surface area (Å²) in [6.45, 7) is 2.96. The SMILES string of the molecule is Cc1c(Br)c(C2(C(=O)O)CCC2)cc2c1OCCO2. The van der Waals surface area contributed by atoms with E-state index in [-0.39, 0.29) is 0 Å². The monoisotopic (exact) mass is 326 g/mol. The van der Waals surface area contributed by atoms with Crippen molar-refractivity contribution < 1.29 is 19.4 Å². The summed E-state index contributed by atoms with van der Waals surface area (Å²) in [5.74, 6) is 0.631. The first kappa shape index (κ1) is 12.8. The number of carboxylic acids is 1. The van der Waals surface area contributed by atoms with E-state index < -0.39 is 11.4 Å². The predicted octanol–water partition coefficient (Wildman–Crippen LogP) is 3.04. The van der Waals surface area contributed by atoms with Crippen LogP contribution in [-0.4, -0.2) is 24.3 Å². The van der Waals surface area contributed by atoms with Crippen LogP contribution in [-0.2, 0) is 10.2 Å². The standard InChI is InChI=1S/C14H15BrO4/c1-8-11(15)9(14(13(16)17)3-2-4-14)7-10-12(8)19-6-5-18-10/h7H,2-6H2,1H3,(H,16,17). The van der Waals surface area contributed by atoms with E-state index in [1.807, 2.05) is 13.0 Å². The van der Waals surface area contributed by atoms with Crippen molar-refractivity contribution in [2.24, 2.45) is 0 Å². The predicted molar refractivity (Wildman–Crippen MR) is 73.0 cm³/mol. The van der Waals surface area contributed by atoms with E-state index in [0.29, 0.717) is 31.8 Å². The van der Waals surface area contributed by atoms with E-state index in [4.69, 9.17) is 9.47 Å². The minimum atomic E-state index is -0.764. The van der Waals surface area contributed by atoms with Crippen molar-refractivity contribution in [3.8, 4) is 11.5 Å². The molecule has 2 aliphatic rings. The van der Waals surface area contributed by atoms with Gasteiger partial charge in [-0.05, 0) is 31.4 Å². The fourth-order valence-electron chi connectivity index (χ4n) is 2.81. The molecule has 1 aromatic carbocycles. The molecule has 0 aromatic heterocycles. The lowest BCUT2D eigenvalue weighted by atomic mass is 9.64. The topological polar surface area (TPSA) is 55.8 Å². The van der Waals surface area contributed by atoms with Gasteiger partial charge in [-0.1, -0.05) is 22.4 Å². The summed E-state index contributed by atoms with van der Waals surface area (Å²) in [6, 6.07) is 1.83. The van der Waals surface area contributed by atoms with E-state index in [0.717, 1.165) is 27.8 Å². The van der Waals surface area contributed by atoms with Gasteiger partial charge in [-0.3, -0.25) is 4.79 Å². The molecule has 1 saturated carbocycles. The Kier molecular flexibility index (Phi) is 2.96. The minimum Gasteiger partial charge on any atom is -0.486 e. The van der Waals surface area contributed by atoms with Gasteiger partial charge in [-0.15, -0.1) is 0 Å². The van der Waals surface area contributed by atoms with Crippen LogP contribution in [0.1, 0.15) is 30.4 Å². The highest BCUT2D eigenvalue weighted by atomic mass is 79.9. The third kappa shape index (κ3) is 1.75. The van der Waals surface area contributed by atoms with Crippen LogP contribution in [0, 0.1) is 6.92 Å². The second-order valence-corrected chi connectivity index (χ2v) is 5.92. The number of carbonyl (C=O) groups is 1. The summed E-state index contributed by atoms with van der Waals surface area (Å²) >= 11 is 3.54. The van der Waals surface area contributed by atoms with Gasteiger partial charge in [0.15, 0.2) is 11.5 Å². The van der Waals surface area contributed by atoms with Crippen LogP contribution < -0.4 is 9.47 Å². The van der Waals surface area contributed by atoms with Gasteiger partial charge in [0.1, 0.15) is 13.2 Å². The van der Waals surface area contributed by atoms with Gasteiger partial charge < -0.3 is 14.6 Å². The van der Waals surface area contributed by atoms with E-state index in [1.165, 1.54) is 0 Å². The molecule has 0 atom stereocenters. The van der Waals surface area contributed by atoms with Crippen molar-refractivity contribution in [1.29, 1.82) is 0 Å². The highest BCUT2D eigenvalue weighted by molar-refractivity contribution is 9.10. The van der Waals surface area contributed by atoms with Crippen LogP contribution in [0.2, 0.25) is 0 Å². The van der Waals surface area contributed by atoms with E-state index in [1.54, 1.807) is 0 Å². The number of fused-ring (bicyclic) bond motifs is 1. The number of carboxylic acid groups (broad SMARTS) is 1. The molecule has 0 unspecified atom stereocenters. The molecular formula is C14H15BrO4. The van der Waals surface area contributed by atoms with Crippen molar-refractivity contribution in [3.05, 3.63) is 21.7 Å². The minimum absolute atomic E-state index is 0.508. The highest BCUT2D eigenvalue weighted by Crippen LogP contribution is 2.51. The summed E-state index contributed by atoms with van der Waals surface area (Å²) in [4.78, 5) is 11.6. The molecule has 1 aromatic rings. The molecule has 1 N–H and O–H groups in total. The summed E-state index contributed by atoms with van der Waals surface area (Å²) < 4.78 is 12.0. The number of aliphatic carboxylic acids is 1. The molecule has 1 fully saturated rings. The van der Waals surface area contributed by atoms with Crippen LogP contribution in [0.25, 0.3) is 0 Å². The van der Waals surface area contributed by atoms with E-state index in [9.17, 15) is 9.90 Å². The number of hydrogen-bond donors (Lipinski definition) is 1. The molecule has 0 saturated heterocycles. The van der Waals surface area contributed by atoms with Crippen LogP contribution in [0.4, 0.5) is 0 Å². The molecule has 0 spiro atoms. The van der Waals surface area contributed by atoms with Crippen molar-refractivity contribution >= 4 is 21.9 Å². The number of rotatable bonds is 2. The first-order valence-corrected chi connectivity index (χ1v) is 7.18. The smallest absolute Gasteiger partial charge is 0.314 e. The van der Waals surface area contributed by atoms with Gasteiger partial charge in [0.2, 0.25) is 0 Å². The maximum Gasteiger partial charge on any atom is 0.314 e. The van der Waals surface area contributed by atoms with Crippen molar-refractivity contribution in [2.45, 2.75) is 31.6 Å². The lowest BCUT2D eigenvalue weighted by Gasteiger charge is -2.39.